The number of benzene rings is 1. The normalized spacial score (nSPS) is 19.6. The standard InChI is InChI=1S/C19H19ClN2O4/c1-26-14-5-4-12(20)9-13(14)21-15(23)6-7-22-18(24)16-10-2-3-11(8-10)17(16)19(22)25/h2-5,9-11,24-25H,6-8H2,1H3,(H,21,23). The van der Waals surface area contributed by atoms with Gasteiger partial charge < -0.3 is 20.3 Å². The Hall–Kier alpha value is -2.60. The number of carbonyl (C=O) groups is 1. The molecule has 0 fully saturated rings. The number of halogens is 1. The lowest BCUT2D eigenvalue weighted by atomic mass is 10.0. The van der Waals surface area contributed by atoms with Crippen LogP contribution in [0.25, 0.3) is 0 Å². The summed E-state index contributed by atoms with van der Waals surface area (Å²) in [6.07, 6.45) is 5.12. The fourth-order valence-electron chi connectivity index (χ4n) is 3.91. The molecule has 2 aliphatic rings. The number of nitrogens with one attached hydrogen (secondary N) is 1. The number of aromatic nitrogens is 1. The molecule has 136 valence electrons. The second kappa shape index (κ2) is 6.29. The summed E-state index contributed by atoms with van der Waals surface area (Å²) in [5.41, 5.74) is 2.08. The van der Waals surface area contributed by atoms with Gasteiger partial charge in [0.25, 0.3) is 0 Å². The van der Waals surface area contributed by atoms with Crippen LogP contribution in [0.15, 0.2) is 30.4 Å². The number of hydrogen-bond acceptors (Lipinski definition) is 4. The van der Waals surface area contributed by atoms with Gasteiger partial charge in [0.2, 0.25) is 5.91 Å². The number of aromatic hydroxyl groups is 2. The molecular weight excluding hydrogens is 356 g/mol. The molecule has 0 spiro atoms. The molecule has 1 aromatic heterocycles. The first-order valence-electron chi connectivity index (χ1n) is 8.45. The number of methoxy groups -OCH3 is 1. The van der Waals surface area contributed by atoms with E-state index in [0.29, 0.717) is 16.5 Å². The molecule has 4 rings (SSSR count). The van der Waals surface area contributed by atoms with Crippen molar-refractivity contribution in [1.82, 2.24) is 4.57 Å². The van der Waals surface area contributed by atoms with Gasteiger partial charge in [0.15, 0.2) is 11.8 Å². The van der Waals surface area contributed by atoms with Gasteiger partial charge in [-0.2, -0.15) is 0 Å². The van der Waals surface area contributed by atoms with E-state index in [-0.39, 0.29) is 42.5 Å². The minimum atomic E-state index is -0.265. The minimum absolute atomic E-state index is 0.0579. The molecular formula is C19H19ClN2O4. The highest BCUT2D eigenvalue weighted by atomic mass is 35.5. The largest absolute Gasteiger partial charge is 0.495 e. The maximum Gasteiger partial charge on any atom is 0.226 e. The van der Waals surface area contributed by atoms with E-state index in [1.807, 2.05) is 0 Å². The number of allylic oxidation sites excluding steroid dienone is 2. The molecule has 26 heavy (non-hydrogen) atoms. The zero-order valence-corrected chi connectivity index (χ0v) is 15.0. The lowest BCUT2D eigenvalue weighted by molar-refractivity contribution is -0.116. The molecule has 1 heterocycles. The lowest BCUT2D eigenvalue weighted by Gasteiger charge is -2.12. The highest BCUT2D eigenvalue weighted by molar-refractivity contribution is 6.31. The number of ether oxygens (including phenoxy) is 1. The molecule has 2 aromatic rings. The van der Waals surface area contributed by atoms with Crippen LogP contribution in [-0.4, -0.2) is 27.8 Å². The molecule has 1 amide bonds. The van der Waals surface area contributed by atoms with Crippen molar-refractivity contribution in [2.75, 3.05) is 12.4 Å². The Labute approximate surface area is 155 Å². The fourth-order valence-corrected chi connectivity index (χ4v) is 4.08. The molecule has 1 aromatic carbocycles. The van der Waals surface area contributed by atoms with E-state index in [1.165, 1.54) is 11.7 Å². The zero-order chi connectivity index (χ0) is 18.4. The third-order valence-corrected chi connectivity index (χ3v) is 5.34. The molecule has 2 bridgehead atoms. The molecule has 0 radical (unpaired) electrons. The molecule has 0 saturated heterocycles. The summed E-state index contributed by atoms with van der Waals surface area (Å²) in [6, 6.07) is 4.96. The van der Waals surface area contributed by atoms with Crippen LogP contribution in [0.1, 0.15) is 35.8 Å². The average molecular weight is 375 g/mol. The van der Waals surface area contributed by atoms with Crippen LogP contribution in [0.2, 0.25) is 5.02 Å². The Morgan fingerprint density at radius 2 is 1.92 bits per heavy atom. The third kappa shape index (κ3) is 2.61. The lowest BCUT2D eigenvalue weighted by Crippen LogP contribution is -2.15. The van der Waals surface area contributed by atoms with Crippen LogP contribution in [0.4, 0.5) is 5.69 Å². The van der Waals surface area contributed by atoms with Crippen molar-refractivity contribution in [3.05, 3.63) is 46.5 Å². The van der Waals surface area contributed by atoms with Crippen LogP contribution in [-0.2, 0) is 11.3 Å². The Bertz CT molecular complexity index is 883. The van der Waals surface area contributed by atoms with Crippen molar-refractivity contribution in [3.8, 4) is 17.5 Å². The van der Waals surface area contributed by atoms with E-state index in [9.17, 15) is 15.0 Å². The first-order chi connectivity index (χ1) is 12.5. The van der Waals surface area contributed by atoms with Gasteiger partial charge in [-0.25, -0.2) is 0 Å². The van der Waals surface area contributed by atoms with E-state index in [4.69, 9.17) is 16.3 Å². The maximum absolute atomic E-state index is 12.3. The van der Waals surface area contributed by atoms with Crippen molar-refractivity contribution in [2.24, 2.45) is 0 Å². The van der Waals surface area contributed by atoms with Gasteiger partial charge >= 0.3 is 0 Å². The SMILES string of the molecule is COc1ccc(Cl)cc1NC(=O)CCn1c(O)c2c(c1O)C1C=CC2C1. The molecule has 6 nitrogen and oxygen atoms in total. The summed E-state index contributed by atoms with van der Waals surface area (Å²) in [5, 5.41) is 24.2. The summed E-state index contributed by atoms with van der Waals surface area (Å²) in [6.45, 7) is 0.179. The van der Waals surface area contributed by atoms with Crippen LogP contribution >= 0.6 is 11.6 Å². The monoisotopic (exact) mass is 374 g/mol. The van der Waals surface area contributed by atoms with Crippen molar-refractivity contribution >= 4 is 23.2 Å². The van der Waals surface area contributed by atoms with E-state index in [0.717, 1.165) is 17.5 Å². The Morgan fingerprint density at radius 1 is 1.27 bits per heavy atom. The first kappa shape index (κ1) is 16.8. The second-order valence-corrected chi connectivity index (χ2v) is 7.04. The van der Waals surface area contributed by atoms with Crippen molar-refractivity contribution in [1.29, 1.82) is 0 Å². The maximum atomic E-state index is 12.3. The molecule has 3 N–H and O–H groups in total. The van der Waals surface area contributed by atoms with Crippen LogP contribution in [0.5, 0.6) is 17.5 Å². The summed E-state index contributed by atoms with van der Waals surface area (Å²) >= 11 is 5.96. The Balaban J connectivity index is 1.47. The summed E-state index contributed by atoms with van der Waals surface area (Å²) in [7, 11) is 1.51. The average Bonchev–Trinajstić information content (AvgIpc) is 3.28. The minimum Gasteiger partial charge on any atom is -0.495 e. The molecule has 0 aliphatic heterocycles. The van der Waals surface area contributed by atoms with Crippen molar-refractivity contribution < 1.29 is 19.7 Å². The van der Waals surface area contributed by atoms with Crippen molar-refractivity contribution in [3.63, 3.8) is 0 Å². The van der Waals surface area contributed by atoms with Gasteiger partial charge in [-0.15, -0.1) is 0 Å². The molecule has 2 atom stereocenters. The molecule has 2 aliphatic carbocycles. The van der Waals surface area contributed by atoms with Gasteiger partial charge in [-0.1, -0.05) is 23.8 Å². The van der Waals surface area contributed by atoms with Gasteiger partial charge in [-0.3, -0.25) is 9.36 Å². The topological polar surface area (TPSA) is 83.7 Å². The molecule has 7 heteroatoms. The van der Waals surface area contributed by atoms with Crippen LogP contribution < -0.4 is 10.1 Å². The van der Waals surface area contributed by atoms with Gasteiger partial charge in [-0.05, 0) is 24.6 Å². The first-order valence-corrected chi connectivity index (χ1v) is 8.83. The second-order valence-electron chi connectivity index (χ2n) is 6.60. The summed E-state index contributed by atoms with van der Waals surface area (Å²) in [5.74, 6) is 0.679. The number of hydrogen-bond donors (Lipinski definition) is 3. The number of nitrogens with zero attached hydrogens (tertiary/aromatic N) is 1. The summed E-state index contributed by atoms with van der Waals surface area (Å²) < 4.78 is 6.62. The van der Waals surface area contributed by atoms with Crippen LogP contribution in [0, 0.1) is 0 Å². The van der Waals surface area contributed by atoms with E-state index in [1.54, 1.807) is 18.2 Å². The third-order valence-electron chi connectivity index (χ3n) is 5.11. The number of amides is 1. The van der Waals surface area contributed by atoms with E-state index >= 15 is 0 Å². The molecule has 2 unspecified atom stereocenters. The highest BCUT2D eigenvalue weighted by Crippen LogP contribution is 2.56. The van der Waals surface area contributed by atoms with Gasteiger partial charge in [0, 0.05) is 41.0 Å². The van der Waals surface area contributed by atoms with Crippen molar-refractivity contribution in [2.45, 2.75) is 31.2 Å². The number of carbonyl (C=O) groups excluding carboxylic acids is 1. The Kier molecular flexibility index (Phi) is 4.07. The van der Waals surface area contributed by atoms with E-state index in [2.05, 4.69) is 17.5 Å². The molecule has 0 saturated carbocycles. The van der Waals surface area contributed by atoms with E-state index < -0.39 is 0 Å². The highest BCUT2D eigenvalue weighted by Gasteiger charge is 2.40. The van der Waals surface area contributed by atoms with Gasteiger partial charge in [0.05, 0.1) is 12.8 Å². The smallest absolute Gasteiger partial charge is 0.226 e. The van der Waals surface area contributed by atoms with Crippen LogP contribution in [0.3, 0.4) is 0 Å². The number of rotatable bonds is 5. The predicted octanol–water partition coefficient (Wildman–Crippen LogP) is 3.73. The predicted molar refractivity (Wildman–Crippen MR) is 98.3 cm³/mol. The zero-order valence-electron chi connectivity index (χ0n) is 14.2. The van der Waals surface area contributed by atoms with Gasteiger partial charge in [0.1, 0.15) is 5.75 Å². The fraction of sp³-hybridized carbons (Fsp3) is 0.316. The quantitative estimate of drug-likeness (QED) is 0.696. The number of fused-ring (bicyclic) bond motifs is 5. The number of anilines is 1. The summed E-state index contributed by atoms with van der Waals surface area (Å²) in [4.78, 5) is 12.3. The Morgan fingerprint density at radius 3 is 2.54 bits per heavy atom.